The van der Waals surface area contributed by atoms with Crippen LogP contribution in [0.5, 0.6) is 0 Å². The fraction of sp³-hybridized carbons (Fsp3) is 0.143. The fourth-order valence-corrected chi connectivity index (χ4v) is 4.89. The molecular weight excluding hydrogens is 507 g/mol. The largest absolute Gasteiger partial charge is 0.471 e. The van der Waals surface area contributed by atoms with Crippen molar-refractivity contribution in [3.05, 3.63) is 90.3 Å². The average molecular weight is 530 g/mol. The van der Waals surface area contributed by atoms with E-state index in [0.29, 0.717) is 35.9 Å². The van der Waals surface area contributed by atoms with Crippen LogP contribution in [0.2, 0.25) is 0 Å². The summed E-state index contributed by atoms with van der Waals surface area (Å²) in [5, 5.41) is 10.0. The quantitative estimate of drug-likeness (QED) is 0.279. The first-order chi connectivity index (χ1) is 18.7. The Balaban J connectivity index is 1.29. The summed E-state index contributed by atoms with van der Waals surface area (Å²) in [5.74, 6) is -1.57. The number of anilines is 3. The number of carbonyl (C=O) groups excluding carboxylic acids is 1. The molecule has 0 saturated carbocycles. The number of amides is 1. The second-order valence-electron chi connectivity index (χ2n) is 9.33. The highest BCUT2D eigenvalue weighted by molar-refractivity contribution is 5.91. The number of hydrogen-bond donors (Lipinski definition) is 3. The second-order valence-corrected chi connectivity index (χ2v) is 9.33. The van der Waals surface area contributed by atoms with Gasteiger partial charge in [-0.05, 0) is 66.4 Å². The first kappa shape index (κ1) is 24.4. The first-order valence-corrected chi connectivity index (χ1v) is 12.2. The number of halogens is 3. The molecule has 0 saturated heterocycles. The molecule has 11 heteroatoms. The van der Waals surface area contributed by atoms with Gasteiger partial charge in [-0.25, -0.2) is 14.5 Å². The molecule has 5 aromatic rings. The Morgan fingerprint density at radius 2 is 1.85 bits per heavy atom. The molecule has 1 unspecified atom stereocenters. The summed E-state index contributed by atoms with van der Waals surface area (Å²) in [6, 6.07) is 20.0. The van der Waals surface area contributed by atoms with Gasteiger partial charge in [-0.2, -0.15) is 18.3 Å². The van der Waals surface area contributed by atoms with Crippen molar-refractivity contribution in [2.45, 2.75) is 25.1 Å². The zero-order valence-corrected chi connectivity index (χ0v) is 20.4. The van der Waals surface area contributed by atoms with Gasteiger partial charge in [0.05, 0.1) is 16.8 Å². The molecule has 2 aromatic carbocycles. The lowest BCUT2D eigenvalue weighted by atomic mass is 10.0. The number of aromatic nitrogens is 4. The van der Waals surface area contributed by atoms with Gasteiger partial charge in [0.15, 0.2) is 0 Å². The summed E-state index contributed by atoms with van der Waals surface area (Å²) in [6.07, 6.45) is -0.747. The van der Waals surface area contributed by atoms with Crippen LogP contribution >= 0.6 is 0 Å². The number of nitrogen functional groups attached to an aromatic ring is 1. The third-order valence-electron chi connectivity index (χ3n) is 6.60. The third kappa shape index (κ3) is 4.86. The number of benzene rings is 2. The minimum absolute atomic E-state index is 0.305. The number of nitrogens with two attached hydrogens (primary N) is 1. The van der Waals surface area contributed by atoms with Crippen LogP contribution in [0.1, 0.15) is 11.1 Å². The van der Waals surface area contributed by atoms with Crippen LogP contribution in [-0.2, 0) is 17.6 Å². The number of carbonyl (C=O) groups is 1. The van der Waals surface area contributed by atoms with E-state index < -0.39 is 18.1 Å². The number of hydrogen-bond acceptors (Lipinski definition) is 6. The molecule has 4 N–H and O–H groups in total. The van der Waals surface area contributed by atoms with E-state index in [2.05, 4.69) is 15.6 Å². The lowest BCUT2D eigenvalue weighted by Crippen LogP contribution is -2.43. The summed E-state index contributed by atoms with van der Waals surface area (Å²) in [7, 11) is 0. The van der Waals surface area contributed by atoms with Gasteiger partial charge in [0.25, 0.3) is 0 Å². The maximum atomic E-state index is 12.7. The van der Waals surface area contributed by atoms with Crippen LogP contribution in [0.25, 0.3) is 28.0 Å². The molecule has 1 amide bonds. The SMILES string of the molecule is Nc1cccc(-c2nn3ccccc3c2-c2ccnc(Nc3ccc4c(c3)CC(NC(=O)C(F)(F)F)C4)n2)c1. The number of nitrogens with zero attached hydrogens (tertiary/aromatic N) is 4. The van der Waals surface area contributed by atoms with Gasteiger partial charge < -0.3 is 16.4 Å². The van der Waals surface area contributed by atoms with E-state index in [1.807, 2.05) is 72.9 Å². The van der Waals surface area contributed by atoms with Gasteiger partial charge in [0.2, 0.25) is 5.95 Å². The molecule has 1 atom stereocenters. The molecule has 0 bridgehead atoms. The lowest BCUT2D eigenvalue weighted by molar-refractivity contribution is -0.174. The number of rotatable bonds is 5. The molecule has 0 aliphatic heterocycles. The molecule has 3 heterocycles. The number of nitrogens with one attached hydrogen (secondary N) is 2. The standard InChI is InChI=1S/C28H22F3N7O/c29-28(30,31)26(39)34-21-13-16-7-8-20(14-18(16)15-21)35-27-33-10-9-22(36-27)24-23-6-1-2-11-38(23)37-25(24)17-4-3-5-19(32)12-17/h1-12,14,21H,13,15,32H2,(H,34,39)(H,33,35,36). The topological polar surface area (TPSA) is 110 Å². The number of alkyl halides is 3. The van der Waals surface area contributed by atoms with E-state index in [-0.39, 0.29) is 0 Å². The Bertz CT molecular complexity index is 1710. The van der Waals surface area contributed by atoms with E-state index in [1.54, 1.807) is 10.7 Å². The highest BCUT2D eigenvalue weighted by Gasteiger charge is 2.40. The van der Waals surface area contributed by atoms with Gasteiger partial charge in [0.1, 0.15) is 5.69 Å². The van der Waals surface area contributed by atoms with Crippen molar-refractivity contribution in [3.8, 4) is 22.5 Å². The van der Waals surface area contributed by atoms with Crippen LogP contribution in [0, 0.1) is 0 Å². The van der Waals surface area contributed by atoms with Crippen LogP contribution in [0.15, 0.2) is 79.1 Å². The number of fused-ring (bicyclic) bond motifs is 2. The predicted octanol–water partition coefficient (Wildman–Crippen LogP) is 4.93. The average Bonchev–Trinajstić information content (AvgIpc) is 3.49. The summed E-state index contributed by atoms with van der Waals surface area (Å²) < 4.78 is 39.7. The maximum Gasteiger partial charge on any atom is 0.471 e. The van der Waals surface area contributed by atoms with Gasteiger partial charge >= 0.3 is 12.1 Å². The van der Waals surface area contributed by atoms with Crippen LogP contribution in [0.4, 0.5) is 30.5 Å². The Labute approximate surface area is 220 Å². The molecule has 6 rings (SSSR count). The van der Waals surface area contributed by atoms with E-state index in [9.17, 15) is 18.0 Å². The van der Waals surface area contributed by atoms with Crippen LogP contribution in [-0.4, -0.2) is 37.7 Å². The lowest BCUT2D eigenvalue weighted by Gasteiger charge is -2.13. The first-order valence-electron chi connectivity index (χ1n) is 12.2. The monoisotopic (exact) mass is 529 g/mol. The Kier molecular flexibility index (Phi) is 5.90. The van der Waals surface area contributed by atoms with E-state index in [4.69, 9.17) is 15.8 Å². The predicted molar refractivity (Wildman–Crippen MR) is 141 cm³/mol. The zero-order valence-electron chi connectivity index (χ0n) is 20.4. The van der Waals surface area contributed by atoms with Crippen molar-refractivity contribution in [2.24, 2.45) is 0 Å². The molecule has 0 spiro atoms. The second kappa shape index (κ2) is 9.43. The smallest absolute Gasteiger partial charge is 0.399 e. The van der Waals surface area contributed by atoms with Crippen LogP contribution < -0.4 is 16.4 Å². The van der Waals surface area contributed by atoms with E-state index in [0.717, 1.165) is 33.5 Å². The van der Waals surface area contributed by atoms with Gasteiger partial charge in [-0.3, -0.25) is 4.79 Å². The third-order valence-corrected chi connectivity index (χ3v) is 6.60. The van der Waals surface area contributed by atoms with Crippen molar-refractivity contribution >= 4 is 28.7 Å². The summed E-state index contributed by atoms with van der Waals surface area (Å²) >= 11 is 0. The Morgan fingerprint density at radius 1 is 1.00 bits per heavy atom. The van der Waals surface area contributed by atoms with Crippen molar-refractivity contribution in [3.63, 3.8) is 0 Å². The molecule has 1 aliphatic rings. The Morgan fingerprint density at radius 3 is 2.67 bits per heavy atom. The molecule has 3 aromatic heterocycles. The number of pyridine rings is 1. The minimum Gasteiger partial charge on any atom is -0.399 e. The highest BCUT2D eigenvalue weighted by atomic mass is 19.4. The maximum absolute atomic E-state index is 12.7. The summed E-state index contributed by atoms with van der Waals surface area (Å²) in [5.41, 5.74) is 13.0. The van der Waals surface area contributed by atoms with Gasteiger partial charge in [-0.1, -0.05) is 24.3 Å². The van der Waals surface area contributed by atoms with Crippen molar-refractivity contribution < 1.29 is 18.0 Å². The molecule has 39 heavy (non-hydrogen) atoms. The molecular formula is C28H22F3N7O. The van der Waals surface area contributed by atoms with Crippen molar-refractivity contribution in [1.29, 1.82) is 0 Å². The zero-order chi connectivity index (χ0) is 27.1. The van der Waals surface area contributed by atoms with Crippen LogP contribution in [0.3, 0.4) is 0 Å². The fourth-order valence-electron chi connectivity index (χ4n) is 4.89. The summed E-state index contributed by atoms with van der Waals surface area (Å²) in [4.78, 5) is 20.5. The highest BCUT2D eigenvalue weighted by Crippen LogP contribution is 2.35. The molecule has 0 radical (unpaired) electrons. The minimum atomic E-state index is -4.90. The summed E-state index contributed by atoms with van der Waals surface area (Å²) in [6.45, 7) is 0. The molecule has 0 fully saturated rings. The van der Waals surface area contributed by atoms with Crippen molar-refractivity contribution in [1.82, 2.24) is 24.9 Å². The molecule has 1 aliphatic carbocycles. The van der Waals surface area contributed by atoms with Crippen molar-refractivity contribution in [2.75, 3.05) is 11.1 Å². The molecule has 196 valence electrons. The normalized spacial score (nSPS) is 14.8. The van der Waals surface area contributed by atoms with E-state index >= 15 is 0 Å². The van der Waals surface area contributed by atoms with E-state index in [1.165, 1.54) is 0 Å². The van der Waals surface area contributed by atoms with Gasteiger partial charge in [0, 0.05) is 35.4 Å². The molecule has 8 nitrogen and oxygen atoms in total. The van der Waals surface area contributed by atoms with Gasteiger partial charge in [-0.15, -0.1) is 0 Å². The Hall–Kier alpha value is -4.93.